The minimum absolute atomic E-state index is 0.104. The van der Waals surface area contributed by atoms with E-state index in [4.69, 9.17) is 37.9 Å². The highest BCUT2D eigenvalue weighted by Gasteiger charge is 2.12. The van der Waals surface area contributed by atoms with Gasteiger partial charge in [-0.15, -0.1) is 0 Å². The second-order valence-corrected chi connectivity index (χ2v) is 9.05. The summed E-state index contributed by atoms with van der Waals surface area (Å²) in [5.74, 6) is -2.33. The zero-order chi connectivity index (χ0) is 30.9. The molecule has 0 heterocycles. The molecule has 0 aliphatic rings. The number of rotatable bonds is 31. The van der Waals surface area contributed by atoms with Gasteiger partial charge >= 0.3 is 11.9 Å². The van der Waals surface area contributed by atoms with Gasteiger partial charge in [0.25, 0.3) is 0 Å². The Hall–Kier alpha value is -2.36. The van der Waals surface area contributed by atoms with Crippen LogP contribution in [0, 0.1) is 0 Å². The van der Waals surface area contributed by atoms with E-state index in [0.717, 1.165) is 25.7 Å². The summed E-state index contributed by atoms with van der Waals surface area (Å²) < 4.78 is 41.6. The number of carbonyl (C=O) groups is 4. The van der Waals surface area contributed by atoms with Crippen LogP contribution in [0.3, 0.4) is 0 Å². The van der Waals surface area contributed by atoms with Gasteiger partial charge in [0.2, 0.25) is 11.8 Å². The van der Waals surface area contributed by atoms with E-state index in [-0.39, 0.29) is 26.3 Å². The second-order valence-electron chi connectivity index (χ2n) is 9.05. The Kier molecular flexibility index (Phi) is 29.8. The first-order chi connectivity index (χ1) is 20.5. The maximum atomic E-state index is 11.8. The standard InChI is InChI=1S/C28H52N2O12/c1-35-11-3-13-37-15-5-17-39-19-7-21-41-27(33)23-25(31)29-9-10-30-26(32)24-28(34)42-22-8-20-40-18-6-16-38-14-4-12-36-2/h3-24H2,1-2H3,(H,29,31)(H,30,32). The average Bonchev–Trinajstić information content (AvgIpc) is 2.96. The van der Waals surface area contributed by atoms with Gasteiger partial charge in [0.1, 0.15) is 12.8 Å². The molecule has 0 rings (SSSR count). The molecule has 0 spiro atoms. The van der Waals surface area contributed by atoms with Crippen molar-refractivity contribution in [2.24, 2.45) is 0 Å². The highest BCUT2D eigenvalue weighted by molar-refractivity contribution is 5.95. The number of nitrogens with one attached hydrogen (secondary N) is 2. The molecule has 2 N–H and O–H groups in total. The van der Waals surface area contributed by atoms with Gasteiger partial charge in [0, 0.05) is 106 Å². The van der Waals surface area contributed by atoms with Crippen molar-refractivity contribution in [2.75, 3.05) is 107 Å². The van der Waals surface area contributed by atoms with Gasteiger partial charge < -0.3 is 48.5 Å². The molecule has 0 aromatic carbocycles. The number of amides is 2. The molecule has 0 radical (unpaired) electrons. The van der Waals surface area contributed by atoms with E-state index in [0.29, 0.717) is 78.9 Å². The van der Waals surface area contributed by atoms with Gasteiger partial charge in [0.05, 0.1) is 13.2 Å². The van der Waals surface area contributed by atoms with Crippen molar-refractivity contribution >= 4 is 23.8 Å². The van der Waals surface area contributed by atoms with Crippen LogP contribution in [0.5, 0.6) is 0 Å². The summed E-state index contributed by atoms with van der Waals surface area (Å²) in [6, 6.07) is 0. The zero-order valence-corrected chi connectivity index (χ0v) is 25.5. The molecule has 0 saturated carbocycles. The molecule has 0 saturated heterocycles. The van der Waals surface area contributed by atoms with Gasteiger partial charge in [-0.05, 0) is 25.7 Å². The van der Waals surface area contributed by atoms with Crippen LogP contribution in [0.4, 0.5) is 0 Å². The molecule has 0 aliphatic heterocycles. The second kappa shape index (κ2) is 31.6. The predicted molar refractivity (Wildman–Crippen MR) is 152 cm³/mol. The van der Waals surface area contributed by atoms with Gasteiger partial charge in [-0.25, -0.2) is 0 Å². The van der Waals surface area contributed by atoms with Gasteiger partial charge in [-0.2, -0.15) is 0 Å². The Balaban J connectivity index is 3.51. The van der Waals surface area contributed by atoms with Crippen LogP contribution in [0.25, 0.3) is 0 Å². The van der Waals surface area contributed by atoms with Crippen molar-refractivity contribution in [3.05, 3.63) is 0 Å². The molecular formula is C28H52N2O12. The van der Waals surface area contributed by atoms with Crippen LogP contribution in [0.15, 0.2) is 0 Å². The van der Waals surface area contributed by atoms with Crippen LogP contribution in [0.1, 0.15) is 51.4 Å². The van der Waals surface area contributed by atoms with Gasteiger partial charge in [-0.3, -0.25) is 19.2 Å². The molecule has 0 aromatic heterocycles. The molecule has 14 heteroatoms. The van der Waals surface area contributed by atoms with Crippen molar-refractivity contribution in [1.82, 2.24) is 10.6 Å². The topological polar surface area (TPSA) is 166 Å². The first-order valence-electron chi connectivity index (χ1n) is 14.6. The van der Waals surface area contributed by atoms with E-state index in [2.05, 4.69) is 10.6 Å². The van der Waals surface area contributed by atoms with E-state index in [1.165, 1.54) is 0 Å². The Bertz CT molecular complexity index is 625. The molecule has 14 nitrogen and oxygen atoms in total. The number of carbonyl (C=O) groups excluding carboxylic acids is 4. The fourth-order valence-corrected chi connectivity index (χ4v) is 3.13. The summed E-state index contributed by atoms with van der Waals surface area (Å²) in [7, 11) is 3.31. The Morgan fingerprint density at radius 3 is 1.02 bits per heavy atom. The number of ether oxygens (including phenoxy) is 8. The van der Waals surface area contributed by atoms with Crippen LogP contribution >= 0.6 is 0 Å². The molecule has 0 atom stereocenters. The van der Waals surface area contributed by atoms with E-state index < -0.39 is 36.6 Å². The third-order valence-electron chi connectivity index (χ3n) is 5.20. The van der Waals surface area contributed by atoms with Gasteiger partial charge in [-0.1, -0.05) is 0 Å². The molecule has 2 amide bonds. The normalized spacial score (nSPS) is 10.8. The lowest BCUT2D eigenvalue weighted by atomic mass is 10.4. The summed E-state index contributed by atoms with van der Waals surface area (Å²) in [6.07, 6.45) is 3.49. The van der Waals surface area contributed by atoms with E-state index in [1.807, 2.05) is 0 Å². The molecule has 246 valence electrons. The molecule has 0 aliphatic carbocycles. The van der Waals surface area contributed by atoms with Crippen molar-refractivity contribution in [2.45, 2.75) is 51.4 Å². The molecule has 0 fully saturated rings. The van der Waals surface area contributed by atoms with Crippen molar-refractivity contribution in [3.8, 4) is 0 Å². The summed E-state index contributed by atoms with van der Waals surface area (Å²) in [6.45, 7) is 6.45. The maximum Gasteiger partial charge on any atom is 0.315 e. The molecule has 0 unspecified atom stereocenters. The smallest absolute Gasteiger partial charge is 0.315 e. The minimum atomic E-state index is -0.642. The van der Waals surface area contributed by atoms with Crippen LogP contribution < -0.4 is 10.6 Å². The van der Waals surface area contributed by atoms with Gasteiger partial charge in [0.15, 0.2) is 0 Å². The summed E-state index contributed by atoms with van der Waals surface area (Å²) in [5.41, 5.74) is 0. The number of hydrogen-bond donors (Lipinski definition) is 2. The Morgan fingerprint density at radius 1 is 0.429 bits per heavy atom. The third-order valence-corrected chi connectivity index (χ3v) is 5.20. The van der Waals surface area contributed by atoms with E-state index in [1.54, 1.807) is 14.2 Å². The lowest BCUT2D eigenvalue weighted by molar-refractivity contribution is -0.148. The van der Waals surface area contributed by atoms with E-state index in [9.17, 15) is 19.2 Å². The molecule has 42 heavy (non-hydrogen) atoms. The van der Waals surface area contributed by atoms with Crippen LogP contribution in [-0.4, -0.2) is 130 Å². The lowest BCUT2D eigenvalue weighted by Gasteiger charge is -2.09. The third kappa shape index (κ3) is 30.6. The first kappa shape index (κ1) is 39.6. The van der Waals surface area contributed by atoms with E-state index >= 15 is 0 Å². The van der Waals surface area contributed by atoms with Crippen LogP contribution in [0.2, 0.25) is 0 Å². The number of methoxy groups -OCH3 is 2. The highest BCUT2D eigenvalue weighted by Crippen LogP contribution is 1.95. The van der Waals surface area contributed by atoms with Crippen molar-refractivity contribution in [1.29, 1.82) is 0 Å². The SMILES string of the molecule is COCCCOCCCOCCCOC(=O)CC(=O)NCCNC(=O)CC(=O)OCCCOCCCOCCCOC. The monoisotopic (exact) mass is 608 g/mol. The number of esters is 2. The molecule has 0 bridgehead atoms. The first-order valence-corrected chi connectivity index (χ1v) is 14.6. The fourth-order valence-electron chi connectivity index (χ4n) is 3.13. The Labute approximate surface area is 249 Å². The zero-order valence-electron chi connectivity index (χ0n) is 25.5. The quantitative estimate of drug-likeness (QED) is 0.0646. The lowest BCUT2D eigenvalue weighted by Crippen LogP contribution is -2.36. The highest BCUT2D eigenvalue weighted by atomic mass is 16.5. The summed E-state index contributed by atoms with van der Waals surface area (Å²) >= 11 is 0. The molecule has 0 aromatic rings. The fraction of sp³-hybridized carbons (Fsp3) is 0.857. The summed E-state index contributed by atoms with van der Waals surface area (Å²) in [5, 5.41) is 5.01. The van der Waals surface area contributed by atoms with Crippen molar-refractivity contribution in [3.63, 3.8) is 0 Å². The average molecular weight is 609 g/mol. The maximum absolute atomic E-state index is 11.8. The largest absolute Gasteiger partial charge is 0.465 e. The Morgan fingerprint density at radius 2 is 0.714 bits per heavy atom. The minimum Gasteiger partial charge on any atom is -0.465 e. The van der Waals surface area contributed by atoms with Crippen molar-refractivity contribution < 1.29 is 57.1 Å². The van der Waals surface area contributed by atoms with Crippen LogP contribution in [-0.2, 0) is 57.1 Å². The predicted octanol–water partition coefficient (Wildman–Crippen LogP) is 0.785. The number of hydrogen-bond acceptors (Lipinski definition) is 12. The summed E-state index contributed by atoms with van der Waals surface area (Å²) in [4.78, 5) is 47.1. The molecular weight excluding hydrogens is 556 g/mol.